The summed E-state index contributed by atoms with van der Waals surface area (Å²) >= 11 is 1.66. The summed E-state index contributed by atoms with van der Waals surface area (Å²) in [4.78, 5) is 19.2. The molecule has 1 atom stereocenters. The monoisotopic (exact) mass is 307 g/mol. The Morgan fingerprint density at radius 2 is 1.95 bits per heavy atom. The van der Waals surface area contributed by atoms with Crippen molar-refractivity contribution in [2.75, 3.05) is 6.54 Å². The molecule has 4 nitrogen and oxygen atoms in total. The van der Waals surface area contributed by atoms with Crippen molar-refractivity contribution in [3.63, 3.8) is 0 Å². The van der Waals surface area contributed by atoms with Crippen molar-refractivity contribution in [1.82, 2.24) is 14.5 Å². The predicted molar refractivity (Wildman–Crippen MR) is 85.7 cm³/mol. The Balaban J connectivity index is 1.77. The number of carbonyl (C=O) groups excluding carboxylic acids is 1. The van der Waals surface area contributed by atoms with E-state index in [-0.39, 0.29) is 5.25 Å². The third-order valence-corrected chi connectivity index (χ3v) is 5.56. The van der Waals surface area contributed by atoms with Crippen LogP contribution in [0.1, 0.15) is 64.6 Å². The third kappa shape index (κ3) is 2.85. The van der Waals surface area contributed by atoms with Crippen molar-refractivity contribution in [3.8, 4) is 0 Å². The molecule has 2 aliphatic rings. The lowest BCUT2D eigenvalue weighted by Gasteiger charge is -2.19. The van der Waals surface area contributed by atoms with Crippen molar-refractivity contribution in [1.29, 1.82) is 0 Å². The molecule has 116 valence electrons. The lowest BCUT2D eigenvalue weighted by molar-refractivity contribution is -0.127. The van der Waals surface area contributed by atoms with Crippen LogP contribution >= 0.6 is 11.8 Å². The van der Waals surface area contributed by atoms with Gasteiger partial charge in [-0.15, -0.1) is 0 Å². The number of hydrogen-bond acceptors (Lipinski definition) is 3. The van der Waals surface area contributed by atoms with Crippen molar-refractivity contribution < 1.29 is 4.79 Å². The Morgan fingerprint density at radius 1 is 1.24 bits per heavy atom. The second-order valence-electron chi connectivity index (χ2n) is 6.74. The van der Waals surface area contributed by atoms with Gasteiger partial charge in [-0.25, -0.2) is 4.98 Å². The van der Waals surface area contributed by atoms with E-state index in [2.05, 4.69) is 42.1 Å². The van der Waals surface area contributed by atoms with Crippen molar-refractivity contribution >= 4 is 17.7 Å². The van der Waals surface area contributed by atoms with Crippen molar-refractivity contribution in [2.45, 2.75) is 75.4 Å². The highest BCUT2D eigenvalue weighted by atomic mass is 32.2. The molecule has 0 radical (unpaired) electrons. The second kappa shape index (κ2) is 5.67. The van der Waals surface area contributed by atoms with Crippen LogP contribution in [0.25, 0.3) is 0 Å². The van der Waals surface area contributed by atoms with Crippen LogP contribution in [-0.2, 0) is 4.79 Å². The number of thioether (sulfide) groups is 1. The molecule has 1 saturated carbocycles. The summed E-state index contributed by atoms with van der Waals surface area (Å²) in [5, 5.41) is 1.07. The lowest BCUT2D eigenvalue weighted by atomic mass is 10.1. The number of carbonyl (C=O) groups is 1. The second-order valence-corrected chi connectivity index (χ2v) is 7.91. The molecule has 5 heteroatoms. The van der Waals surface area contributed by atoms with Gasteiger partial charge in [0.1, 0.15) is 0 Å². The standard InChI is InChI=1S/C16H25N3OS/c1-10(2)13-9-17-16(19(13)11(3)4)21-14-7-8-18(15(14)20)12-5-6-12/h9-12,14H,5-8H2,1-4H3. The molecular formula is C16H25N3OS. The SMILES string of the molecule is CC(C)c1cnc(SC2CCN(C3CC3)C2=O)n1C(C)C. The van der Waals surface area contributed by atoms with E-state index in [9.17, 15) is 4.79 Å². The van der Waals surface area contributed by atoms with Gasteiger partial charge >= 0.3 is 0 Å². The Labute approximate surface area is 131 Å². The molecule has 0 aromatic carbocycles. The van der Waals surface area contributed by atoms with Gasteiger partial charge in [0, 0.05) is 30.5 Å². The number of likely N-dealkylation sites (tertiary alicyclic amines) is 1. The Bertz CT molecular complexity index is 534. The van der Waals surface area contributed by atoms with E-state index in [1.54, 1.807) is 11.8 Å². The molecular weight excluding hydrogens is 282 g/mol. The number of imidazole rings is 1. The fourth-order valence-corrected chi connectivity index (χ4v) is 4.31. The molecule has 0 bridgehead atoms. The van der Waals surface area contributed by atoms with E-state index >= 15 is 0 Å². The van der Waals surface area contributed by atoms with Gasteiger partial charge in [0.15, 0.2) is 5.16 Å². The Kier molecular flexibility index (Phi) is 4.04. The summed E-state index contributed by atoms with van der Waals surface area (Å²) in [6.07, 6.45) is 5.33. The molecule has 1 aromatic rings. The van der Waals surface area contributed by atoms with E-state index in [4.69, 9.17) is 0 Å². The average molecular weight is 307 g/mol. The highest BCUT2D eigenvalue weighted by Crippen LogP contribution is 2.37. The molecule has 3 rings (SSSR count). The molecule has 1 saturated heterocycles. The average Bonchev–Trinajstić information content (AvgIpc) is 3.06. The number of amides is 1. The first-order chi connectivity index (χ1) is 9.99. The molecule has 1 aliphatic carbocycles. The van der Waals surface area contributed by atoms with Crippen LogP contribution < -0.4 is 0 Å². The maximum atomic E-state index is 12.5. The van der Waals surface area contributed by atoms with Gasteiger partial charge in [-0.3, -0.25) is 4.79 Å². The summed E-state index contributed by atoms with van der Waals surface area (Å²) in [7, 11) is 0. The lowest BCUT2D eigenvalue weighted by Crippen LogP contribution is -2.30. The molecule has 2 fully saturated rings. The van der Waals surface area contributed by atoms with Gasteiger partial charge in [0.2, 0.25) is 5.91 Å². The van der Waals surface area contributed by atoms with Crippen molar-refractivity contribution in [3.05, 3.63) is 11.9 Å². The van der Waals surface area contributed by atoms with Gasteiger partial charge in [-0.1, -0.05) is 25.6 Å². The van der Waals surface area contributed by atoms with Crippen LogP contribution in [-0.4, -0.2) is 38.2 Å². The van der Waals surface area contributed by atoms with Crippen molar-refractivity contribution in [2.24, 2.45) is 0 Å². The van der Waals surface area contributed by atoms with E-state index < -0.39 is 0 Å². The zero-order valence-corrected chi connectivity index (χ0v) is 14.2. The first kappa shape index (κ1) is 14.9. The van der Waals surface area contributed by atoms with Gasteiger partial charge in [0.25, 0.3) is 0 Å². The third-order valence-electron chi connectivity index (χ3n) is 4.33. The zero-order chi connectivity index (χ0) is 15.1. The number of nitrogens with zero attached hydrogens (tertiary/aromatic N) is 3. The van der Waals surface area contributed by atoms with Crippen LogP contribution in [0, 0.1) is 0 Å². The van der Waals surface area contributed by atoms with Crippen LogP contribution in [0.5, 0.6) is 0 Å². The quantitative estimate of drug-likeness (QED) is 0.836. The normalized spacial score (nSPS) is 22.9. The first-order valence-electron chi connectivity index (χ1n) is 8.03. The van der Waals surface area contributed by atoms with Crippen LogP contribution in [0.15, 0.2) is 11.4 Å². The number of rotatable bonds is 5. The minimum atomic E-state index is 0.0607. The summed E-state index contributed by atoms with van der Waals surface area (Å²) in [6.45, 7) is 9.69. The topological polar surface area (TPSA) is 38.1 Å². The summed E-state index contributed by atoms with van der Waals surface area (Å²) < 4.78 is 2.29. The van der Waals surface area contributed by atoms with E-state index in [0.717, 1.165) is 18.1 Å². The molecule has 1 unspecified atom stereocenters. The number of aromatic nitrogens is 2. The predicted octanol–water partition coefficient (Wildman–Crippen LogP) is 3.44. The molecule has 1 aromatic heterocycles. The van der Waals surface area contributed by atoms with E-state index in [0.29, 0.717) is 23.9 Å². The van der Waals surface area contributed by atoms with E-state index in [1.807, 2.05) is 6.20 Å². The fraction of sp³-hybridized carbons (Fsp3) is 0.750. The molecule has 2 heterocycles. The molecule has 1 amide bonds. The number of hydrogen-bond donors (Lipinski definition) is 0. The van der Waals surface area contributed by atoms with E-state index in [1.165, 1.54) is 18.5 Å². The molecule has 21 heavy (non-hydrogen) atoms. The smallest absolute Gasteiger partial charge is 0.236 e. The van der Waals surface area contributed by atoms with Crippen LogP contribution in [0.4, 0.5) is 0 Å². The van der Waals surface area contributed by atoms with Gasteiger partial charge in [-0.05, 0) is 39.0 Å². The molecule has 0 N–H and O–H groups in total. The van der Waals surface area contributed by atoms with Crippen LogP contribution in [0.2, 0.25) is 0 Å². The highest BCUT2D eigenvalue weighted by Gasteiger charge is 2.41. The Hall–Kier alpha value is -0.970. The van der Waals surface area contributed by atoms with Gasteiger partial charge < -0.3 is 9.47 Å². The summed E-state index contributed by atoms with van der Waals surface area (Å²) in [5.74, 6) is 0.781. The van der Waals surface area contributed by atoms with Gasteiger partial charge in [-0.2, -0.15) is 0 Å². The van der Waals surface area contributed by atoms with Crippen LogP contribution in [0.3, 0.4) is 0 Å². The van der Waals surface area contributed by atoms with Gasteiger partial charge in [0.05, 0.1) is 5.25 Å². The first-order valence-corrected chi connectivity index (χ1v) is 8.91. The Morgan fingerprint density at radius 3 is 2.52 bits per heavy atom. The fourth-order valence-electron chi connectivity index (χ4n) is 3.05. The summed E-state index contributed by atoms with van der Waals surface area (Å²) in [5.41, 5.74) is 1.26. The zero-order valence-electron chi connectivity index (χ0n) is 13.4. The maximum Gasteiger partial charge on any atom is 0.236 e. The molecule has 0 spiro atoms. The minimum Gasteiger partial charge on any atom is -0.339 e. The maximum absolute atomic E-state index is 12.5. The molecule has 1 aliphatic heterocycles. The largest absolute Gasteiger partial charge is 0.339 e. The highest BCUT2D eigenvalue weighted by molar-refractivity contribution is 8.00. The summed E-state index contributed by atoms with van der Waals surface area (Å²) in [6, 6.07) is 0.919. The minimum absolute atomic E-state index is 0.0607.